The van der Waals surface area contributed by atoms with Crippen molar-refractivity contribution >= 4 is 0 Å². The van der Waals surface area contributed by atoms with Gasteiger partial charge in [-0.15, -0.1) is 0 Å². The van der Waals surface area contributed by atoms with Crippen LogP contribution >= 0.6 is 0 Å². The lowest BCUT2D eigenvalue weighted by molar-refractivity contribution is 0.0912. The Morgan fingerprint density at radius 2 is 1.92 bits per heavy atom. The second-order valence-corrected chi connectivity index (χ2v) is 4.97. The Kier molecular flexibility index (Phi) is 1.76. The summed E-state index contributed by atoms with van der Waals surface area (Å²) in [5, 5.41) is 10.0. The maximum atomic E-state index is 10.0. The van der Waals surface area contributed by atoms with Crippen LogP contribution in [0.4, 0.5) is 0 Å². The molecule has 72 valence electrons. The van der Waals surface area contributed by atoms with Gasteiger partial charge in [0.2, 0.25) is 0 Å². The van der Waals surface area contributed by atoms with Crippen LogP contribution in [0.3, 0.4) is 0 Å². The van der Waals surface area contributed by atoms with Crippen molar-refractivity contribution in [1.29, 1.82) is 0 Å². The average molecular weight is 178 g/mol. The van der Waals surface area contributed by atoms with Crippen molar-refractivity contribution in [3.63, 3.8) is 0 Å². The minimum atomic E-state index is 0.0249. The quantitative estimate of drug-likeness (QED) is 0.565. The fourth-order valence-electron chi connectivity index (χ4n) is 3.66. The Labute approximate surface area is 79.8 Å². The van der Waals surface area contributed by atoms with E-state index in [1.165, 1.54) is 44.9 Å². The minimum Gasteiger partial charge on any atom is -0.392 e. The van der Waals surface area contributed by atoms with Crippen LogP contribution in [0.25, 0.3) is 0 Å². The second-order valence-electron chi connectivity index (χ2n) is 4.97. The second kappa shape index (κ2) is 2.84. The van der Waals surface area contributed by atoms with Crippen LogP contribution in [-0.2, 0) is 0 Å². The molecule has 0 aliphatic heterocycles. The van der Waals surface area contributed by atoms with E-state index in [4.69, 9.17) is 0 Å². The molecule has 3 atom stereocenters. The summed E-state index contributed by atoms with van der Waals surface area (Å²) < 4.78 is 0. The van der Waals surface area contributed by atoms with Crippen LogP contribution in [0.2, 0.25) is 0 Å². The molecular weight excluding hydrogens is 160 g/mol. The van der Waals surface area contributed by atoms with Gasteiger partial charge in [0.05, 0.1) is 6.10 Å². The predicted molar refractivity (Wildman–Crippen MR) is 52.3 cm³/mol. The Bertz CT molecular complexity index is 254. The molecule has 1 fully saturated rings. The van der Waals surface area contributed by atoms with Gasteiger partial charge in [0.25, 0.3) is 0 Å². The molecular formula is C12H18O. The molecule has 0 aromatic carbocycles. The maximum Gasteiger partial charge on any atom is 0.0636 e. The number of allylic oxidation sites excluding steroid dienone is 1. The lowest BCUT2D eigenvalue weighted by Gasteiger charge is -2.33. The van der Waals surface area contributed by atoms with Crippen molar-refractivity contribution in [2.75, 3.05) is 0 Å². The molecule has 1 N–H and O–H groups in total. The Morgan fingerprint density at radius 1 is 1.08 bits per heavy atom. The van der Waals surface area contributed by atoms with E-state index in [1.54, 1.807) is 11.1 Å². The van der Waals surface area contributed by atoms with Gasteiger partial charge in [0, 0.05) is 5.92 Å². The zero-order chi connectivity index (χ0) is 8.84. The van der Waals surface area contributed by atoms with Crippen molar-refractivity contribution in [2.24, 2.45) is 11.8 Å². The third-order valence-electron chi connectivity index (χ3n) is 4.33. The van der Waals surface area contributed by atoms with Crippen LogP contribution in [-0.4, -0.2) is 11.2 Å². The van der Waals surface area contributed by atoms with Crippen LogP contribution in [0.5, 0.6) is 0 Å². The summed E-state index contributed by atoms with van der Waals surface area (Å²) in [6.45, 7) is 0. The summed E-state index contributed by atoms with van der Waals surface area (Å²) in [4.78, 5) is 0. The van der Waals surface area contributed by atoms with Gasteiger partial charge in [-0.05, 0) is 50.9 Å². The highest BCUT2D eigenvalue weighted by atomic mass is 16.3. The number of rotatable bonds is 0. The summed E-state index contributed by atoms with van der Waals surface area (Å²) in [6, 6.07) is 0. The van der Waals surface area contributed by atoms with Gasteiger partial charge in [-0.1, -0.05) is 11.1 Å². The highest BCUT2D eigenvalue weighted by Gasteiger charge is 2.42. The lowest BCUT2D eigenvalue weighted by atomic mass is 9.74. The SMILES string of the molecule is OC1C2CCC1C1=C(CCCC1)C2. The minimum absolute atomic E-state index is 0.0249. The zero-order valence-electron chi connectivity index (χ0n) is 8.13. The first-order valence-electron chi connectivity index (χ1n) is 5.75. The molecule has 13 heavy (non-hydrogen) atoms. The summed E-state index contributed by atoms with van der Waals surface area (Å²) in [7, 11) is 0. The molecule has 1 heteroatoms. The molecule has 3 rings (SSSR count). The fraction of sp³-hybridized carbons (Fsp3) is 0.833. The molecule has 0 aromatic heterocycles. The lowest BCUT2D eigenvalue weighted by Crippen LogP contribution is -2.29. The fourth-order valence-corrected chi connectivity index (χ4v) is 3.66. The molecule has 1 saturated carbocycles. The molecule has 0 amide bonds. The van der Waals surface area contributed by atoms with Gasteiger partial charge in [-0.3, -0.25) is 0 Å². The van der Waals surface area contributed by atoms with Crippen LogP contribution in [0.1, 0.15) is 44.9 Å². The predicted octanol–water partition coefficient (Wildman–Crippen LogP) is 2.65. The molecule has 3 unspecified atom stereocenters. The van der Waals surface area contributed by atoms with Gasteiger partial charge >= 0.3 is 0 Å². The van der Waals surface area contributed by atoms with E-state index in [2.05, 4.69) is 0 Å². The number of aliphatic hydroxyl groups excluding tert-OH is 1. The van der Waals surface area contributed by atoms with E-state index in [9.17, 15) is 5.11 Å². The monoisotopic (exact) mass is 178 g/mol. The third kappa shape index (κ3) is 1.10. The summed E-state index contributed by atoms with van der Waals surface area (Å²) >= 11 is 0. The molecule has 0 saturated heterocycles. The first-order chi connectivity index (χ1) is 6.36. The molecule has 0 spiro atoms. The number of hydrogen-bond acceptors (Lipinski definition) is 1. The molecule has 0 radical (unpaired) electrons. The van der Waals surface area contributed by atoms with E-state index < -0.39 is 0 Å². The normalized spacial score (nSPS) is 43.6. The van der Waals surface area contributed by atoms with Crippen LogP contribution in [0, 0.1) is 11.8 Å². The molecule has 1 nitrogen and oxygen atoms in total. The highest BCUT2D eigenvalue weighted by Crippen LogP contribution is 2.49. The van der Waals surface area contributed by atoms with E-state index in [1.807, 2.05) is 0 Å². The molecule has 3 aliphatic carbocycles. The van der Waals surface area contributed by atoms with Gasteiger partial charge in [-0.25, -0.2) is 0 Å². The van der Waals surface area contributed by atoms with Crippen molar-refractivity contribution in [3.8, 4) is 0 Å². The summed E-state index contributed by atoms with van der Waals surface area (Å²) in [5.41, 5.74) is 3.41. The van der Waals surface area contributed by atoms with E-state index >= 15 is 0 Å². The van der Waals surface area contributed by atoms with Crippen molar-refractivity contribution in [1.82, 2.24) is 0 Å². The van der Waals surface area contributed by atoms with E-state index in [-0.39, 0.29) is 6.10 Å². The first kappa shape index (κ1) is 8.05. The Balaban J connectivity index is 1.97. The third-order valence-corrected chi connectivity index (χ3v) is 4.33. The smallest absolute Gasteiger partial charge is 0.0636 e. The Hall–Kier alpha value is -0.300. The van der Waals surface area contributed by atoms with Crippen molar-refractivity contribution in [2.45, 2.75) is 51.0 Å². The van der Waals surface area contributed by atoms with E-state index in [0.717, 1.165) is 0 Å². The Morgan fingerprint density at radius 3 is 2.85 bits per heavy atom. The number of hydrogen-bond donors (Lipinski definition) is 1. The molecule has 3 aliphatic rings. The molecule has 0 heterocycles. The molecule has 0 aromatic rings. The highest BCUT2D eigenvalue weighted by molar-refractivity contribution is 5.27. The number of fused-ring (bicyclic) bond motifs is 3. The van der Waals surface area contributed by atoms with Crippen LogP contribution in [0.15, 0.2) is 11.1 Å². The van der Waals surface area contributed by atoms with Crippen molar-refractivity contribution < 1.29 is 5.11 Å². The van der Waals surface area contributed by atoms with Crippen molar-refractivity contribution in [3.05, 3.63) is 11.1 Å². The van der Waals surface area contributed by atoms with Gasteiger partial charge in [-0.2, -0.15) is 0 Å². The summed E-state index contributed by atoms with van der Waals surface area (Å²) in [6.07, 6.45) is 9.20. The first-order valence-corrected chi connectivity index (χ1v) is 5.75. The largest absolute Gasteiger partial charge is 0.392 e. The molecule has 2 bridgehead atoms. The summed E-state index contributed by atoms with van der Waals surface area (Å²) in [5.74, 6) is 1.20. The van der Waals surface area contributed by atoms with Gasteiger partial charge in [0.15, 0.2) is 0 Å². The maximum absolute atomic E-state index is 10.0. The topological polar surface area (TPSA) is 20.2 Å². The van der Waals surface area contributed by atoms with Gasteiger partial charge < -0.3 is 5.11 Å². The zero-order valence-corrected chi connectivity index (χ0v) is 8.13. The number of aliphatic hydroxyl groups is 1. The standard InChI is InChI=1S/C12H18O/c13-12-9-5-6-11(12)10-4-2-1-3-8(10)7-9/h9,11-13H,1-7H2. The van der Waals surface area contributed by atoms with E-state index in [0.29, 0.717) is 11.8 Å². The van der Waals surface area contributed by atoms with Crippen LogP contribution < -0.4 is 0 Å². The average Bonchev–Trinajstić information content (AvgIpc) is 2.43. The van der Waals surface area contributed by atoms with Gasteiger partial charge in [0.1, 0.15) is 0 Å².